The number of nitrogens with zero attached hydrogens (tertiary/aromatic N) is 2. The van der Waals surface area contributed by atoms with Gasteiger partial charge in [0.1, 0.15) is 0 Å². The molecule has 0 N–H and O–H groups in total. The minimum Gasteiger partial charge on any atom is -0.335 e. The van der Waals surface area contributed by atoms with E-state index in [1.807, 2.05) is 30.3 Å². The lowest BCUT2D eigenvalue weighted by Crippen LogP contribution is -2.48. The van der Waals surface area contributed by atoms with Crippen molar-refractivity contribution in [1.82, 2.24) is 9.80 Å². The minimum absolute atomic E-state index is 0.164. The summed E-state index contributed by atoms with van der Waals surface area (Å²) in [5.41, 5.74) is 1.06. The Morgan fingerprint density at radius 3 is 2.52 bits per heavy atom. The highest BCUT2D eigenvalue weighted by Gasteiger charge is 2.27. The molecule has 1 aromatic carbocycles. The fourth-order valence-corrected chi connectivity index (χ4v) is 3.85. The van der Waals surface area contributed by atoms with Gasteiger partial charge in [-0.15, -0.1) is 0 Å². The molecule has 2 aliphatic rings. The monoisotopic (exact) mass is 376 g/mol. The molecule has 1 amide bonds. The molecule has 0 saturated carbocycles. The number of likely N-dealkylation sites (tertiary alicyclic amines) is 2. The molecule has 124 valence electrons. The molecule has 2 fully saturated rings. The van der Waals surface area contributed by atoms with E-state index in [0.717, 1.165) is 36.0 Å². The van der Waals surface area contributed by atoms with E-state index in [1.54, 1.807) is 6.08 Å². The van der Waals surface area contributed by atoms with E-state index < -0.39 is 0 Å². The van der Waals surface area contributed by atoms with Crippen molar-refractivity contribution in [2.75, 3.05) is 26.2 Å². The molecule has 0 bridgehead atoms. The van der Waals surface area contributed by atoms with Gasteiger partial charge in [0, 0.05) is 29.7 Å². The first-order valence-electron chi connectivity index (χ1n) is 8.69. The molecule has 2 aliphatic heterocycles. The Hall–Kier alpha value is -1.13. The van der Waals surface area contributed by atoms with Crippen molar-refractivity contribution in [3.63, 3.8) is 0 Å². The molecule has 0 aromatic heterocycles. The van der Waals surface area contributed by atoms with E-state index in [2.05, 4.69) is 25.7 Å². The molecule has 3 nitrogen and oxygen atoms in total. The molecular weight excluding hydrogens is 352 g/mol. The third-order valence-electron chi connectivity index (χ3n) is 4.87. The molecule has 3 rings (SSSR count). The number of halogens is 1. The van der Waals surface area contributed by atoms with Crippen molar-refractivity contribution in [3.8, 4) is 0 Å². The van der Waals surface area contributed by atoms with Crippen LogP contribution in [0.2, 0.25) is 0 Å². The van der Waals surface area contributed by atoms with Crippen LogP contribution in [0.15, 0.2) is 34.8 Å². The van der Waals surface area contributed by atoms with E-state index >= 15 is 0 Å². The van der Waals surface area contributed by atoms with E-state index in [-0.39, 0.29) is 5.91 Å². The molecule has 0 radical (unpaired) electrons. The van der Waals surface area contributed by atoms with Crippen molar-refractivity contribution in [1.29, 1.82) is 0 Å². The second kappa shape index (κ2) is 8.11. The number of piperidine rings is 1. The molecule has 1 aromatic rings. The van der Waals surface area contributed by atoms with Gasteiger partial charge in [-0.25, -0.2) is 0 Å². The summed E-state index contributed by atoms with van der Waals surface area (Å²) in [5, 5.41) is 0. The molecule has 2 heterocycles. The lowest BCUT2D eigenvalue weighted by molar-refractivity contribution is -0.129. The van der Waals surface area contributed by atoms with Crippen LogP contribution in [0.1, 0.15) is 37.7 Å². The second-order valence-corrected chi connectivity index (χ2v) is 7.49. The molecule has 0 aliphatic carbocycles. The van der Waals surface area contributed by atoms with Crippen LogP contribution in [0.3, 0.4) is 0 Å². The third-order valence-corrected chi connectivity index (χ3v) is 5.39. The molecule has 1 atom stereocenters. The number of amides is 1. The Balaban J connectivity index is 1.62. The summed E-state index contributed by atoms with van der Waals surface area (Å²) in [5.74, 6) is 0.164. The average Bonchev–Trinajstić information content (AvgIpc) is 3.07. The van der Waals surface area contributed by atoms with Crippen LogP contribution in [0.5, 0.6) is 0 Å². The highest BCUT2D eigenvalue weighted by Crippen LogP contribution is 2.21. The fourth-order valence-electron chi connectivity index (χ4n) is 3.58. The largest absolute Gasteiger partial charge is 0.335 e. The maximum Gasteiger partial charge on any atom is 0.246 e. The normalized spacial score (nSPS) is 22.8. The van der Waals surface area contributed by atoms with Gasteiger partial charge in [-0.05, 0) is 69.0 Å². The van der Waals surface area contributed by atoms with Crippen LogP contribution in [0.4, 0.5) is 0 Å². The summed E-state index contributed by atoms with van der Waals surface area (Å²) in [6.07, 6.45) is 9.82. The highest BCUT2D eigenvalue weighted by atomic mass is 79.9. The standard InChI is InChI=1S/C19H25BrN2O/c20-17-9-6-16(7-10-17)8-11-19(23)22-14-2-1-5-18(22)15-21-12-3-4-13-21/h6-11,18H,1-5,12-15H2/b11-8+. The maximum absolute atomic E-state index is 12.6. The van der Waals surface area contributed by atoms with Gasteiger partial charge in [0.05, 0.1) is 0 Å². The summed E-state index contributed by atoms with van der Waals surface area (Å²) in [4.78, 5) is 17.3. The zero-order chi connectivity index (χ0) is 16.1. The van der Waals surface area contributed by atoms with Crippen LogP contribution in [0.25, 0.3) is 6.08 Å². The van der Waals surface area contributed by atoms with E-state index in [0.29, 0.717) is 6.04 Å². The Bertz CT molecular complexity index is 549. The topological polar surface area (TPSA) is 23.6 Å². The lowest BCUT2D eigenvalue weighted by atomic mass is 10.0. The molecule has 2 saturated heterocycles. The number of rotatable bonds is 4. The number of hydrogen-bond donors (Lipinski definition) is 0. The van der Waals surface area contributed by atoms with Gasteiger partial charge in [-0.1, -0.05) is 28.1 Å². The fraction of sp³-hybridized carbons (Fsp3) is 0.526. The van der Waals surface area contributed by atoms with Crippen LogP contribution < -0.4 is 0 Å². The quantitative estimate of drug-likeness (QED) is 0.742. The van der Waals surface area contributed by atoms with Crippen LogP contribution in [0, 0.1) is 0 Å². The average molecular weight is 377 g/mol. The van der Waals surface area contributed by atoms with Gasteiger partial charge in [-0.2, -0.15) is 0 Å². The highest BCUT2D eigenvalue weighted by molar-refractivity contribution is 9.10. The predicted molar refractivity (Wildman–Crippen MR) is 98.2 cm³/mol. The number of carbonyl (C=O) groups excluding carboxylic acids is 1. The zero-order valence-electron chi connectivity index (χ0n) is 13.6. The maximum atomic E-state index is 12.6. The van der Waals surface area contributed by atoms with Gasteiger partial charge in [-0.3, -0.25) is 4.79 Å². The lowest BCUT2D eigenvalue weighted by Gasteiger charge is -2.37. The molecule has 4 heteroatoms. The van der Waals surface area contributed by atoms with Gasteiger partial charge in [0.15, 0.2) is 0 Å². The first-order chi connectivity index (χ1) is 11.2. The smallest absolute Gasteiger partial charge is 0.246 e. The Labute approximate surface area is 147 Å². The minimum atomic E-state index is 0.164. The van der Waals surface area contributed by atoms with Crippen molar-refractivity contribution < 1.29 is 4.79 Å². The van der Waals surface area contributed by atoms with E-state index in [4.69, 9.17) is 0 Å². The van der Waals surface area contributed by atoms with Crippen molar-refractivity contribution in [3.05, 3.63) is 40.4 Å². The summed E-state index contributed by atoms with van der Waals surface area (Å²) >= 11 is 3.43. The first-order valence-corrected chi connectivity index (χ1v) is 9.48. The molecule has 1 unspecified atom stereocenters. The van der Waals surface area contributed by atoms with Gasteiger partial charge >= 0.3 is 0 Å². The SMILES string of the molecule is O=C(/C=C/c1ccc(Br)cc1)N1CCCCC1CN1CCCC1. The van der Waals surface area contributed by atoms with Crippen molar-refractivity contribution >= 4 is 27.9 Å². The van der Waals surface area contributed by atoms with Crippen molar-refractivity contribution in [2.24, 2.45) is 0 Å². The van der Waals surface area contributed by atoms with Gasteiger partial charge in [0.2, 0.25) is 5.91 Å². The molecule has 0 spiro atoms. The Morgan fingerprint density at radius 1 is 1.09 bits per heavy atom. The van der Waals surface area contributed by atoms with Crippen LogP contribution >= 0.6 is 15.9 Å². The van der Waals surface area contributed by atoms with E-state index in [9.17, 15) is 4.79 Å². The number of benzene rings is 1. The van der Waals surface area contributed by atoms with E-state index in [1.165, 1.54) is 32.4 Å². The molecule has 23 heavy (non-hydrogen) atoms. The van der Waals surface area contributed by atoms with Gasteiger partial charge < -0.3 is 9.80 Å². The van der Waals surface area contributed by atoms with Crippen LogP contribution in [-0.2, 0) is 4.79 Å². The number of carbonyl (C=O) groups is 1. The summed E-state index contributed by atoms with van der Waals surface area (Å²) < 4.78 is 1.06. The zero-order valence-corrected chi connectivity index (χ0v) is 15.2. The predicted octanol–water partition coefficient (Wildman–Crippen LogP) is 3.94. The van der Waals surface area contributed by atoms with Crippen molar-refractivity contribution in [2.45, 2.75) is 38.1 Å². The Morgan fingerprint density at radius 2 is 1.78 bits per heavy atom. The Kier molecular flexibility index (Phi) is 5.90. The third kappa shape index (κ3) is 4.67. The number of hydrogen-bond acceptors (Lipinski definition) is 2. The van der Waals surface area contributed by atoms with Gasteiger partial charge in [0.25, 0.3) is 0 Å². The van der Waals surface area contributed by atoms with Crippen LogP contribution in [-0.4, -0.2) is 47.9 Å². The second-order valence-electron chi connectivity index (χ2n) is 6.57. The summed E-state index contributed by atoms with van der Waals surface area (Å²) in [6.45, 7) is 4.36. The summed E-state index contributed by atoms with van der Waals surface area (Å²) in [7, 11) is 0. The summed E-state index contributed by atoms with van der Waals surface area (Å²) in [6, 6.07) is 8.43. The molecular formula is C19H25BrN2O. The first kappa shape index (κ1) is 16.7.